The van der Waals surface area contributed by atoms with E-state index in [1.165, 1.54) is 5.56 Å². The number of hydrogen-bond donors (Lipinski definition) is 0. The third-order valence-corrected chi connectivity index (χ3v) is 5.95. The number of hydrogen-bond acceptors (Lipinski definition) is 7. The van der Waals surface area contributed by atoms with E-state index in [4.69, 9.17) is 14.0 Å². The van der Waals surface area contributed by atoms with Crippen molar-refractivity contribution in [3.8, 4) is 11.5 Å². The van der Waals surface area contributed by atoms with Gasteiger partial charge in [0.25, 0.3) is 0 Å². The smallest absolute Gasteiger partial charge is 0.237 e. The summed E-state index contributed by atoms with van der Waals surface area (Å²) in [5.41, 5.74) is 3.28. The van der Waals surface area contributed by atoms with Crippen molar-refractivity contribution in [2.24, 2.45) is 0 Å². The van der Waals surface area contributed by atoms with E-state index >= 15 is 0 Å². The molecule has 0 bridgehead atoms. The first-order valence-corrected chi connectivity index (χ1v) is 10.4. The van der Waals surface area contributed by atoms with Crippen LogP contribution in [0.4, 0.5) is 0 Å². The minimum atomic E-state index is 0.190. The van der Waals surface area contributed by atoms with Crippen molar-refractivity contribution in [2.45, 2.75) is 26.4 Å². The number of aryl methyl sites for hydroxylation is 1. The Balaban J connectivity index is 1.29. The van der Waals surface area contributed by atoms with Gasteiger partial charge in [0.05, 0.1) is 33.0 Å². The molecule has 0 radical (unpaired) electrons. The largest absolute Gasteiger partial charge is 0.493 e. The molecule has 1 aromatic heterocycles. The van der Waals surface area contributed by atoms with Crippen LogP contribution >= 0.6 is 0 Å². The minimum Gasteiger partial charge on any atom is -0.493 e. The summed E-state index contributed by atoms with van der Waals surface area (Å²) < 4.78 is 16.1. The summed E-state index contributed by atoms with van der Waals surface area (Å²) in [7, 11) is 3.29. The zero-order valence-electron chi connectivity index (χ0n) is 18.0. The number of carbonyl (C=O) groups is 1. The predicted octanol–water partition coefficient (Wildman–Crippen LogP) is 1.70. The molecule has 1 amide bonds. The van der Waals surface area contributed by atoms with Crippen LogP contribution in [0.1, 0.15) is 22.6 Å². The lowest BCUT2D eigenvalue weighted by molar-refractivity contribution is -0.133. The molecule has 2 aliphatic rings. The quantitative estimate of drug-likeness (QED) is 0.713. The fraction of sp³-hybridized carbons (Fsp3) is 0.545. The second-order valence-electron chi connectivity index (χ2n) is 8.03. The predicted molar refractivity (Wildman–Crippen MR) is 112 cm³/mol. The van der Waals surface area contributed by atoms with E-state index < -0.39 is 0 Å². The number of fused-ring (bicyclic) bond motifs is 1. The molecule has 1 saturated heterocycles. The summed E-state index contributed by atoms with van der Waals surface area (Å²) in [5, 5.41) is 3.95. The molecule has 0 saturated carbocycles. The first-order chi connectivity index (χ1) is 14.6. The van der Waals surface area contributed by atoms with Crippen LogP contribution < -0.4 is 9.47 Å². The monoisotopic (exact) mass is 414 g/mol. The fourth-order valence-corrected chi connectivity index (χ4v) is 4.20. The Morgan fingerprint density at radius 3 is 2.30 bits per heavy atom. The van der Waals surface area contributed by atoms with Gasteiger partial charge in [0.1, 0.15) is 0 Å². The topological polar surface area (TPSA) is 71.3 Å². The maximum absolute atomic E-state index is 12.9. The van der Waals surface area contributed by atoms with Gasteiger partial charge in [-0.2, -0.15) is 0 Å². The molecule has 2 aliphatic heterocycles. The molecule has 0 aliphatic carbocycles. The number of aromatic nitrogens is 1. The van der Waals surface area contributed by atoms with Crippen LogP contribution in [-0.4, -0.2) is 79.3 Å². The number of methoxy groups -OCH3 is 2. The van der Waals surface area contributed by atoms with E-state index in [0.29, 0.717) is 18.8 Å². The van der Waals surface area contributed by atoms with Crippen LogP contribution in [0, 0.1) is 6.92 Å². The molecule has 1 aromatic carbocycles. The molecule has 0 unspecified atom stereocenters. The van der Waals surface area contributed by atoms with Crippen LogP contribution in [0.5, 0.6) is 11.5 Å². The summed E-state index contributed by atoms with van der Waals surface area (Å²) in [4.78, 5) is 19.5. The summed E-state index contributed by atoms with van der Waals surface area (Å²) >= 11 is 0. The number of ether oxygens (including phenoxy) is 2. The molecular weight excluding hydrogens is 384 g/mol. The zero-order chi connectivity index (χ0) is 21.1. The van der Waals surface area contributed by atoms with Crippen molar-refractivity contribution in [3.05, 3.63) is 40.8 Å². The Bertz CT molecular complexity index is 889. The van der Waals surface area contributed by atoms with Crippen LogP contribution in [0.25, 0.3) is 0 Å². The van der Waals surface area contributed by atoms with E-state index in [-0.39, 0.29) is 5.91 Å². The first-order valence-electron chi connectivity index (χ1n) is 10.4. The van der Waals surface area contributed by atoms with Crippen molar-refractivity contribution < 1.29 is 18.8 Å². The van der Waals surface area contributed by atoms with Gasteiger partial charge in [-0.25, -0.2) is 0 Å². The van der Waals surface area contributed by atoms with Crippen molar-refractivity contribution in [3.63, 3.8) is 0 Å². The number of benzene rings is 1. The van der Waals surface area contributed by atoms with Gasteiger partial charge in [-0.3, -0.25) is 14.6 Å². The second-order valence-corrected chi connectivity index (χ2v) is 8.03. The zero-order valence-corrected chi connectivity index (χ0v) is 18.0. The third-order valence-electron chi connectivity index (χ3n) is 5.95. The Labute approximate surface area is 177 Å². The highest BCUT2D eigenvalue weighted by atomic mass is 16.5. The van der Waals surface area contributed by atoms with Crippen molar-refractivity contribution in [1.82, 2.24) is 19.9 Å². The number of rotatable bonds is 6. The van der Waals surface area contributed by atoms with Gasteiger partial charge in [-0.1, -0.05) is 5.16 Å². The average molecular weight is 415 g/mol. The molecule has 4 rings (SSSR count). The number of carbonyl (C=O) groups excluding carboxylic acids is 1. The van der Waals surface area contributed by atoms with Gasteiger partial charge in [0.2, 0.25) is 5.91 Å². The van der Waals surface area contributed by atoms with Gasteiger partial charge >= 0.3 is 0 Å². The Morgan fingerprint density at radius 1 is 1.00 bits per heavy atom. The van der Waals surface area contributed by atoms with Crippen LogP contribution in [0.15, 0.2) is 22.7 Å². The summed E-state index contributed by atoms with van der Waals surface area (Å²) in [6.45, 7) is 8.16. The normalized spacial score (nSPS) is 17.6. The molecule has 162 valence electrons. The van der Waals surface area contributed by atoms with E-state index in [2.05, 4.69) is 15.0 Å². The van der Waals surface area contributed by atoms with Gasteiger partial charge < -0.3 is 18.9 Å². The molecule has 1 fully saturated rings. The van der Waals surface area contributed by atoms with Crippen LogP contribution in [-0.2, 0) is 24.3 Å². The van der Waals surface area contributed by atoms with E-state index in [9.17, 15) is 4.79 Å². The first kappa shape index (κ1) is 20.7. The molecule has 2 aromatic rings. The van der Waals surface area contributed by atoms with Crippen molar-refractivity contribution >= 4 is 5.91 Å². The molecule has 0 atom stereocenters. The van der Waals surface area contributed by atoms with Crippen LogP contribution in [0.3, 0.4) is 0 Å². The highest BCUT2D eigenvalue weighted by Gasteiger charge is 2.26. The van der Waals surface area contributed by atoms with E-state index in [0.717, 1.165) is 68.5 Å². The Kier molecular flexibility index (Phi) is 6.24. The summed E-state index contributed by atoms with van der Waals surface area (Å²) in [6.07, 6.45) is 0.839. The minimum absolute atomic E-state index is 0.190. The lowest BCUT2D eigenvalue weighted by Gasteiger charge is -2.36. The average Bonchev–Trinajstić information content (AvgIpc) is 3.18. The van der Waals surface area contributed by atoms with Crippen LogP contribution in [0.2, 0.25) is 0 Å². The van der Waals surface area contributed by atoms with Gasteiger partial charge in [-0.05, 0) is 36.6 Å². The van der Waals surface area contributed by atoms with Gasteiger partial charge in [-0.15, -0.1) is 0 Å². The summed E-state index contributed by atoms with van der Waals surface area (Å²) in [6, 6.07) is 6.01. The molecule has 3 heterocycles. The maximum Gasteiger partial charge on any atom is 0.237 e. The number of nitrogens with zero attached hydrogens (tertiary/aromatic N) is 4. The highest BCUT2D eigenvalue weighted by molar-refractivity contribution is 5.78. The lowest BCUT2D eigenvalue weighted by atomic mass is 9.98. The number of amides is 1. The Morgan fingerprint density at radius 2 is 1.67 bits per heavy atom. The standard InChI is InChI=1S/C22H30N4O4/c1-16-10-19(30-23-16)14-24-6-8-25(9-7-24)15-22(27)26-5-4-17-11-20(28-2)21(29-3)12-18(17)13-26/h10-12H,4-9,13-15H2,1-3H3. The maximum atomic E-state index is 12.9. The van der Waals surface area contributed by atoms with Crippen molar-refractivity contribution in [2.75, 3.05) is 53.5 Å². The Hall–Kier alpha value is -2.58. The molecule has 8 nitrogen and oxygen atoms in total. The molecule has 8 heteroatoms. The van der Waals surface area contributed by atoms with E-state index in [1.807, 2.05) is 30.0 Å². The molecule has 30 heavy (non-hydrogen) atoms. The lowest BCUT2D eigenvalue weighted by Crippen LogP contribution is -2.50. The fourth-order valence-electron chi connectivity index (χ4n) is 4.20. The van der Waals surface area contributed by atoms with Gasteiger partial charge in [0.15, 0.2) is 17.3 Å². The third kappa shape index (κ3) is 4.60. The molecule has 0 N–H and O–H groups in total. The van der Waals surface area contributed by atoms with Gasteiger partial charge in [0, 0.05) is 45.3 Å². The molecule has 0 spiro atoms. The SMILES string of the molecule is COc1cc2c(cc1OC)CN(C(=O)CN1CCN(Cc3cc(C)no3)CC1)CC2. The summed E-state index contributed by atoms with van der Waals surface area (Å²) in [5.74, 6) is 2.55. The number of piperazine rings is 1. The second kappa shape index (κ2) is 9.06. The van der Waals surface area contributed by atoms with E-state index in [1.54, 1.807) is 14.2 Å². The van der Waals surface area contributed by atoms with Crippen molar-refractivity contribution in [1.29, 1.82) is 0 Å². The highest BCUT2D eigenvalue weighted by Crippen LogP contribution is 2.33. The molecular formula is C22H30N4O4.